The molecule has 0 saturated heterocycles. The standard InChI is InChI=1S/C3H8P2S/c1-2-3-6(4)5/h4H,2-3H2,1H3. The number of rotatable bonds is 1. The molecule has 0 spiro atoms. The SMILES string of the molecule is CCCS(#P)=P. The molecule has 0 aromatic carbocycles. The Morgan fingerprint density at radius 3 is 2.33 bits per heavy atom. The Balaban J connectivity index is 3.16. The molecule has 0 aromatic rings. The predicted octanol–water partition coefficient (Wildman–Crippen LogP) is 2.40. The summed E-state index contributed by atoms with van der Waals surface area (Å²) < 4.78 is 0. The van der Waals surface area contributed by atoms with Crippen molar-refractivity contribution in [3.63, 3.8) is 0 Å². The van der Waals surface area contributed by atoms with Crippen LogP contribution in [0.2, 0.25) is 0 Å². The third-order valence-electron chi connectivity index (χ3n) is 0.397. The van der Waals surface area contributed by atoms with Crippen LogP contribution in [0.5, 0.6) is 0 Å². The van der Waals surface area contributed by atoms with Crippen LogP contribution in [0.1, 0.15) is 13.3 Å². The summed E-state index contributed by atoms with van der Waals surface area (Å²) in [7, 11) is 7.67. The van der Waals surface area contributed by atoms with Gasteiger partial charge in [-0.15, -0.1) is 0 Å². The second kappa shape index (κ2) is 4.12. The molecule has 0 saturated carbocycles. The van der Waals surface area contributed by atoms with E-state index in [9.17, 15) is 0 Å². The van der Waals surface area contributed by atoms with Gasteiger partial charge in [0.15, 0.2) is 0 Å². The average molecular weight is 138 g/mol. The van der Waals surface area contributed by atoms with Crippen LogP contribution in [-0.4, -0.2) is 5.75 Å². The summed E-state index contributed by atoms with van der Waals surface area (Å²) in [6.45, 7) is 2.15. The maximum absolute atomic E-state index is 4.12. The molecule has 0 atom stereocenters. The normalized spacial score (nSPS) is 8.00. The van der Waals surface area contributed by atoms with Crippen LogP contribution in [-0.2, 0) is 9.05 Å². The molecule has 0 rings (SSSR count). The van der Waals surface area contributed by atoms with Gasteiger partial charge in [0.05, 0.1) is 0 Å². The number of hydrogen-bond donors (Lipinski definition) is 0. The minimum absolute atomic E-state index is 0.184. The zero-order valence-electron chi connectivity index (χ0n) is 3.77. The van der Waals surface area contributed by atoms with Gasteiger partial charge in [-0.05, 0) is 0 Å². The Labute approximate surface area is 44.6 Å². The van der Waals surface area contributed by atoms with Crippen molar-refractivity contribution in [1.82, 2.24) is 0 Å². The molecule has 0 amide bonds. The Morgan fingerprint density at radius 1 is 1.83 bits per heavy atom. The molecule has 36 valence electrons. The zero-order chi connectivity index (χ0) is 4.99. The third-order valence-corrected chi connectivity index (χ3v) is 2.35. The molecule has 0 bridgehead atoms. The first-order valence-corrected chi connectivity index (χ1v) is 5.55. The van der Waals surface area contributed by atoms with E-state index in [0.717, 1.165) is 0 Å². The van der Waals surface area contributed by atoms with E-state index in [0.29, 0.717) is 0 Å². The van der Waals surface area contributed by atoms with E-state index in [1.54, 1.807) is 0 Å². The summed E-state index contributed by atoms with van der Waals surface area (Å²) >= 11 is 0. The van der Waals surface area contributed by atoms with E-state index in [4.69, 9.17) is 0 Å². The van der Waals surface area contributed by atoms with E-state index in [1.807, 2.05) is 0 Å². The zero-order valence-corrected chi connectivity index (χ0v) is 6.48. The molecule has 0 aromatic heterocycles. The van der Waals surface area contributed by atoms with Crippen molar-refractivity contribution >= 4 is 24.9 Å². The first kappa shape index (κ1) is 6.95. The van der Waals surface area contributed by atoms with Crippen molar-refractivity contribution < 1.29 is 0 Å². The van der Waals surface area contributed by atoms with Crippen molar-refractivity contribution in [2.24, 2.45) is 0 Å². The van der Waals surface area contributed by atoms with Gasteiger partial charge < -0.3 is 0 Å². The van der Waals surface area contributed by atoms with Crippen LogP contribution in [0, 0.1) is 0 Å². The Bertz CT molecular complexity index is 121. The van der Waals surface area contributed by atoms with Gasteiger partial charge in [0.1, 0.15) is 0 Å². The monoisotopic (exact) mass is 138 g/mol. The van der Waals surface area contributed by atoms with E-state index in [2.05, 4.69) is 22.8 Å². The quantitative estimate of drug-likeness (QED) is 0.488. The van der Waals surface area contributed by atoms with Crippen LogP contribution in [0.4, 0.5) is 0 Å². The summed E-state index contributed by atoms with van der Waals surface area (Å²) in [4.78, 5) is 0. The minimum atomic E-state index is 0.184. The van der Waals surface area contributed by atoms with E-state index in [-0.39, 0.29) is 9.05 Å². The molecule has 0 aliphatic heterocycles. The van der Waals surface area contributed by atoms with Gasteiger partial charge >= 0.3 is 44.0 Å². The average Bonchev–Trinajstić information content (AvgIpc) is 1.35. The summed E-state index contributed by atoms with van der Waals surface area (Å²) in [5, 5.41) is 0. The van der Waals surface area contributed by atoms with Crippen LogP contribution >= 0.6 is 15.8 Å². The second-order valence-corrected chi connectivity index (χ2v) is 6.04. The number of hydrogen-bond acceptors (Lipinski definition) is 0. The van der Waals surface area contributed by atoms with Crippen molar-refractivity contribution in [1.29, 1.82) is 0 Å². The van der Waals surface area contributed by atoms with Gasteiger partial charge in [-0.25, -0.2) is 0 Å². The molecule has 0 unspecified atom stereocenters. The van der Waals surface area contributed by atoms with Gasteiger partial charge in [-0.3, -0.25) is 0 Å². The summed E-state index contributed by atoms with van der Waals surface area (Å²) in [5.74, 6) is 1.18. The van der Waals surface area contributed by atoms with E-state index >= 15 is 0 Å². The molecule has 0 aliphatic rings. The van der Waals surface area contributed by atoms with Crippen molar-refractivity contribution in [3.05, 3.63) is 0 Å². The Kier molecular flexibility index (Phi) is 4.77. The second-order valence-electron chi connectivity index (χ2n) is 1.07. The van der Waals surface area contributed by atoms with E-state index in [1.165, 1.54) is 12.2 Å². The van der Waals surface area contributed by atoms with Gasteiger partial charge in [-0.2, -0.15) is 0 Å². The molecule has 0 heterocycles. The fourth-order valence-electron chi connectivity index (χ4n) is 0.193. The first-order valence-electron chi connectivity index (χ1n) is 1.88. The predicted molar refractivity (Wildman–Crippen MR) is 37.8 cm³/mol. The van der Waals surface area contributed by atoms with Crippen molar-refractivity contribution in [2.75, 3.05) is 5.75 Å². The van der Waals surface area contributed by atoms with Gasteiger partial charge in [0.2, 0.25) is 0 Å². The fraction of sp³-hybridized carbons (Fsp3) is 1.00. The topological polar surface area (TPSA) is 0 Å². The van der Waals surface area contributed by atoms with Gasteiger partial charge in [-0.1, -0.05) is 0 Å². The Morgan fingerprint density at radius 2 is 2.33 bits per heavy atom. The molecule has 0 N–H and O–H groups in total. The summed E-state index contributed by atoms with van der Waals surface area (Å²) in [6.07, 6.45) is 1.22. The fourth-order valence-corrected chi connectivity index (χ4v) is 1.74. The maximum atomic E-state index is 4.12. The molecule has 0 radical (unpaired) electrons. The van der Waals surface area contributed by atoms with Crippen molar-refractivity contribution in [2.45, 2.75) is 13.3 Å². The molecule has 3 heteroatoms. The summed E-state index contributed by atoms with van der Waals surface area (Å²) in [6, 6.07) is 0. The third kappa shape index (κ3) is 4.95. The molecule has 0 aliphatic carbocycles. The molecule has 6 heavy (non-hydrogen) atoms. The van der Waals surface area contributed by atoms with Crippen LogP contribution in [0.25, 0.3) is 0 Å². The van der Waals surface area contributed by atoms with Crippen LogP contribution in [0.3, 0.4) is 0 Å². The van der Waals surface area contributed by atoms with Gasteiger partial charge in [0, 0.05) is 0 Å². The first-order chi connectivity index (χ1) is 2.77. The van der Waals surface area contributed by atoms with Crippen LogP contribution in [0.15, 0.2) is 0 Å². The molecule has 0 fully saturated rings. The Hall–Kier alpha value is 0.950. The molecule has 0 nitrogen and oxygen atoms in total. The molecular formula is C3H8P2S. The molecular weight excluding hydrogens is 130 g/mol. The summed E-state index contributed by atoms with van der Waals surface area (Å²) in [5.41, 5.74) is 0. The van der Waals surface area contributed by atoms with E-state index < -0.39 is 0 Å². The van der Waals surface area contributed by atoms with Gasteiger partial charge in [0.25, 0.3) is 0 Å². The van der Waals surface area contributed by atoms with Crippen LogP contribution < -0.4 is 0 Å². The van der Waals surface area contributed by atoms with Crippen molar-refractivity contribution in [3.8, 4) is 0 Å².